The van der Waals surface area contributed by atoms with Gasteiger partial charge in [-0.05, 0) is 42.4 Å². The molecule has 1 fully saturated rings. The van der Waals surface area contributed by atoms with Crippen molar-refractivity contribution in [3.8, 4) is 5.75 Å². The molecule has 3 aliphatic rings. The third kappa shape index (κ3) is 3.06. The Labute approximate surface area is 190 Å². The summed E-state index contributed by atoms with van der Waals surface area (Å²) in [5, 5.41) is 44.1. The van der Waals surface area contributed by atoms with Gasteiger partial charge in [0.15, 0.2) is 11.4 Å². The lowest BCUT2D eigenvalue weighted by atomic mass is 9.59. The van der Waals surface area contributed by atoms with Crippen molar-refractivity contribution in [2.75, 3.05) is 19.0 Å². The van der Waals surface area contributed by atoms with Gasteiger partial charge in [0.2, 0.25) is 5.78 Å². The number of amides is 1. The van der Waals surface area contributed by atoms with E-state index in [1.807, 2.05) is 32.0 Å². The first kappa shape index (κ1) is 22.8. The van der Waals surface area contributed by atoms with Crippen LogP contribution in [0.5, 0.6) is 5.75 Å². The molecule has 33 heavy (non-hydrogen) atoms. The van der Waals surface area contributed by atoms with Crippen molar-refractivity contribution in [2.24, 2.45) is 17.6 Å². The Morgan fingerprint density at radius 3 is 2.45 bits per heavy atom. The molecular weight excluding hydrogens is 428 g/mol. The molecule has 1 saturated carbocycles. The fourth-order valence-electron chi connectivity index (χ4n) is 5.58. The van der Waals surface area contributed by atoms with Crippen LogP contribution >= 0.6 is 0 Å². The average Bonchev–Trinajstić information content (AvgIpc) is 2.72. The van der Waals surface area contributed by atoms with Crippen molar-refractivity contribution in [3.05, 3.63) is 39.7 Å². The average molecular weight is 456 g/mol. The molecule has 3 aliphatic carbocycles. The van der Waals surface area contributed by atoms with E-state index in [4.69, 9.17) is 5.73 Å². The van der Waals surface area contributed by atoms with Crippen LogP contribution in [0.25, 0.3) is 5.76 Å². The number of hydrogen-bond donors (Lipinski definition) is 5. The number of aryl methyl sites for hydroxylation is 1. The Bertz CT molecular complexity index is 1160. The molecule has 0 bridgehead atoms. The number of nitrogens with zero attached hydrogens (tertiary/aromatic N) is 1. The summed E-state index contributed by atoms with van der Waals surface area (Å²) in [5.41, 5.74) is 3.96. The minimum Gasteiger partial charge on any atom is -0.508 e. The first-order valence-corrected chi connectivity index (χ1v) is 11.0. The van der Waals surface area contributed by atoms with Crippen LogP contribution in [-0.2, 0) is 27.2 Å². The van der Waals surface area contributed by atoms with E-state index in [2.05, 4.69) is 0 Å². The summed E-state index contributed by atoms with van der Waals surface area (Å²) in [5.74, 6) is -6.11. The zero-order valence-corrected chi connectivity index (χ0v) is 18.8. The summed E-state index contributed by atoms with van der Waals surface area (Å²) < 4.78 is 0. The lowest BCUT2D eigenvalue weighted by molar-refractivity contribution is -0.147. The lowest BCUT2D eigenvalue weighted by Crippen LogP contribution is -2.58. The molecule has 9 heteroatoms. The predicted octanol–water partition coefficient (Wildman–Crippen LogP) is 1.44. The van der Waals surface area contributed by atoms with Gasteiger partial charge in [-0.2, -0.15) is 0 Å². The summed E-state index contributed by atoms with van der Waals surface area (Å²) in [6, 6.07) is 1.87. The SMILES string of the molecule is CCCc1cc(N(C)C)c2c(c1O)C(O)=C1C(=O)[C@]3(O)C(O)=C(C(N)=O)C(=O)C[C@@H]3C[C@@H]1C2. The number of Topliss-reactive ketones (excluding diaryl/α,β-unsaturated/α-hetero) is 2. The van der Waals surface area contributed by atoms with Crippen molar-refractivity contribution in [3.63, 3.8) is 0 Å². The van der Waals surface area contributed by atoms with E-state index in [1.54, 1.807) is 0 Å². The second-order valence-corrected chi connectivity index (χ2v) is 9.31. The molecule has 9 nitrogen and oxygen atoms in total. The number of phenols is 1. The fraction of sp³-hybridized carbons (Fsp3) is 0.458. The molecule has 0 radical (unpaired) electrons. The second kappa shape index (κ2) is 7.62. The van der Waals surface area contributed by atoms with Gasteiger partial charge in [-0.25, -0.2) is 0 Å². The number of nitrogens with two attached hydrogens (primary N) is 1. The van der Waals surface area contributed by atoms with Gasteiger partial charge in [0.25, 0.3) is 5.91 Å². The summed E-state index contributed by atoms with van der Waals surface area (Å²) in [4.78, 5) is 39.5. The summed E-state index contributed by atoms with van der Waals surface area (Å²) in [6.45, 7) is 1.96. The van der Waals surface area contributed by atoms with Crippen LogP contribution in [0.1, 0.15) is 42.9 Å². The van der Waals surface area contributed by atoms with Crippen LogP contribution in [0.15, 0.2) is 23.0 Å². The maximum absolute atomic E-state index is 13.5. The molecule has 0 aliphatic heterocycles. The van der Waals surface area contributed by atoms with E-state index < -0.39 is 52.0 Å². The van der Waals surface area contributed by atoms with E-state index in [0.29, 0.717) is 24.0 Å². The first-order chi connectivity index (χ1) is 15.4. The van der Waals surface area contributed by atoms with Crippen molar-refractivity contribution in [1.82, 2.24) is 0 Å². The molecule has 176 valence electrons. The first-order valence-electron chi connectivity index (χ1n) is 11.0. The molecule has 0 aromatic heterocycles. The predicted molar refractivity (Wildman–Crippen MR) is 120 cm³/mol. The molecule has 0 spiro atoms. The quantitative estimate of drug-likeness (QED) is 0.425. The normalized spacial score (nSPS) is 26.7. The highest BCUT2D eigenvalue weighted by Gasteiger charge is 2.60. The fourth-order valence-corrected chi connectivity index (χ4v) is 5.58. The lowest BCUT2D eigenvalue weighted by Gasteiger charge is -2.46. The largest absolute Gasteiger partial charge is 0.508 e. The Balaban J connectivity index is 1.96. The number of carbonyl (C=O) groups excluding carboxylic acids is 3. The second-order valence-electron chi connectivity index (χ2n) is 9.31. The minimum absolute atomic E-state index is 0.118. The maximum Gasteiger partial charge on any atom is 0.255 e. The maximum atomic E-state index is 13.5. The smallest absolute Gasteiger partial charge is 0.255 e. The van der Waals surface area contributed by atoms with Crippen molar-refractivity contribution < 1.29 is 34.8 Å². The van der Waals surface area contributed by atoms with Crippen LogP contribution in [0, 0.1) is 11.8 Å². The van der Waals surface area contributed by atoms with Crippen LogP contribution in [-0.4, -0.2) is 57.6 Å². The number of primary amides is 1. The van der Waals surface area contributed by atoms with Crippen LogP contribution in [0.4, 0.5) is 5.69 Å². The number of rotatable bonds is 4. The van der Waals surface area contributed by atoms with Gasteiger partial charge in [-0.15, -0.1) is 0 Å². The third-order valence-corrected chi connectivity index (χ3v) is 7.12. The Morgan fingerprint density at radius 2 is 1.88 bits per heavy atom. The van der Waals surface area contributed by atoms with Gasteiger partial charge >= 0.3 is 0 Å². The Morgan fingerprint density at radius 1 is 1.21 bits per heavy atom. The molecular formula is C24H28N2O7. The van der Waals surface area contributed by atoms with Gasteiger partial charge in [0.05, 0.1) is 5.56 Å². The molecule has 4 rings (SSSR count). The van der Waals surface area contributed by atoms with Crippen molar-refractivity contribution in [2.45, 2.75) is 44.6 Å². The summed E-state index contributed by atoms with van der Waals surface area (Å²) >= 11 is 0. The molecule has 1 aromatic rings. The molecule has 3 atom stereocenters. The Kier molecular flexibility index (Phi) is 5.28. The van der Waals surface area contributed by atoms with E-state index in [0.717, 1.165) is 12.1 Å². The monoisotopic (exact) mass is 456 g/mol. The number of aliphatic hydroxyl groups excluding tert-OH is 2. The molecule has 1 aromatic carbocycles. The number of anilines is 1. The highest BCUT2D eigenvalue weighted by Crippen LogP contribution is 2.53. The topological polar surface area (TPSA) is 161 Å². The zero-order valence-electron chi connectivity index (χ0n) is 18.8. The zero-order chi connectivity index (χ0) is 24.4. The van der Waals surface area contributed by atoms with Crippen molar-refractivity contribution >= 4 is 28.9 Å². The standard InChI is InChI=1S/C24H28N2O7/c1-4-5-10-8-14(26(2)3)13-7-11-6-12-9-15(27)18(23(25)32)22(31)24(12,33)21(30)16(11)20(29)17(13)19(10)28/h8,11-12,28-29,31,33H,4-7,9H2,1-3H3,(H2,25,32)/t11-,12+,24+/m1/s1. The van der Waals surface area contributed by atoms with Crippen LogP contribution < -0.4 is 10.6 Å². The third-order valence-electron chi connectivity index (χ3n) is 7.12. The minimum atomic E-state index is -2.55. The number of aromatic hydroxyl groups is 1. The molecule has 1 amide bonds. The van der Waals surface area contributed by atoms with Crippen LogP contribution in [0.3, 0.4) is 0 Å². The number of phenolic OH excluding ortho intramolecular Hbond substituents is 1. The number of ketones is 2. The number of aliphatic hydroxyl groups is 3. The molecule has 0 unspecified atom stereocenters. The van der Waals surface area contributed by atoms with Gasteiger partial charge in [0.1, 0.15) is 22.8 Å². The van der Waals surface area contributed by atoms with E-state index >= 15 is 0 Å². The molecule has 0 saturated heterocycles. The van der Waals surface area contributed by atoms with Gasteiger partial charge in [-0.3, -0.25) is 14.4 Å². The van der Waals surface area contributed by atoms with E-state index in [1.165, 1.54) is 0 Å². The van der Waals surface area contributed by atoms with Gasteiger partial charge in [-0.1, -0.05) is 13.3 Å². The summed E-state index contributed by atoms with van der Waals surface area (Å²) in [7, 11) is 3.69. The number of carbonyl (C=O) groups is 3. The molecule has 0 heterocycles. The summed E-state index contributed by atoms with van der Waals surface area (Å²) in [6.07, 6.45) is 1.39. The number of hydrogen-bond acceptors (Lipinski definition) is 8. The Hall–Kier alpha value is -3.33. The van der Waals surface area contributed by atoms with Gasteiger partial charge < -0.3 is 31.1 Å². The molecule has 6 N–H and O–H groups in total. The van der Waals surface area contributed by atoms with Crippen LogP contribution in [0.2, 0.25) is 0 Å². The highest BCUT2D eigenvalue weighted by molar-refractivity contribution is 6.22. The number of fused-ring (bicyclic) bond motifs is 3. The van der Waals surface area contributed by atoms with Crippen molar-refractivity contribution in [1.29, 1.82) is 0 Å². The van der Waals surface area contributed by atoms with E-state index in [-0.39, 0.29) is 29.7 Å². The number of benzene rings is 1. The van der Waals surface area contributed by atoms with Gasteiger partial charge in [0, 0.05) is 37.7 Å². The highest BCUT2D eigenvalue weighted by atomic mass is 16.3. The van der Waals surface area contributed by atoms with E-state index in [9.17, 15) is 34.8 Å².